The predicted octanol–water partition coefficient (Wildman–Crippen LogP) is 2.90. The van der Waals surface area contributed by atoms with Crippen LogP contribution >= 0.6 is 0 Å². The Hall–Kier alpha value is -1.62. The van der Waals surface area contributed by atoms with Crippen LogP contribution in [-0.2, 0) is 4.79 Å². The zero-order valence-electron chi connectivity index (χ0n) is 13.9. The molecule has 22 heavy (non-hydrogen) atoms. The summed E-state index contributed by atoms with van der Waals surface area (Å²) < 4.78 is 0. The highest BCUT2D eigenvalue weighted by Gasteiger charge is 2.47. The second-order valence-corrected chi connectivity index (χ2v) is 6.06. The van der Waals surface area contributed by atoms with Crippen molar-refractivity contribution >= 4 is 11.9 Å². The zero-order valence-corrected chi connectivity index (χ0v) is 13.9. The van der Waals surface area contributed by atoms with Gasteiger partial charge in [0, 0.05) is 13.1 Å². The lowest BCUT2D eigenvalue weighted by molar-refractivity contribution is -0.132. The number of rotatable bonds is 11. The third-order valence-corrected chi connectivity index (χ3v) is 3.99. The number of urea groups is 1. The number of nitrogens with zero attached hydrogens (tertiary/aromatic N) is 2. The molecular formula is C17H29N3O2. The van der Waals surface area contributed by atoms with Crippen LogP contribution in [0.2, 0.25) is 0 Å². The lowest BCUT2D eigenvalue weighted by atomic mass is 9.94. The number of nitrogens with one attached hydrogen (secondary N) is 1. The van der Waals surface area contributed by atoms with Gasteiger partial charge in [-0.05, 0) is 13.3 Å². The van der Waals surface area contributed by atoms with Gasteiger partial charge in [-0.2, -0.15) is 0 Å². The van der Waals surface area contributed by atoms with Gasteiger partial charge in [0.15, 0.2) is 0 Å². The van der Waals surface area contributed by atoms with Gasteiger partial charge in [-0.15, -0.1) is 13.2 Å². The van der Waals surface area contributed by atoms with E-state index in [0.29, 0.717) is 19.5 Å². The van der Waals surface area contributed by atoms with Gasteiger partial charge in [0.05, 0.1) is 6.67 Å². The maximum absolute atomic E-state index is 12.6. The first kappa shape index (κ1) is 18.4. The summed E-state index contributed by atoms with van der Waals surface area (Å²) in [5.74, 6) is -0.132. The summed E-state index contributed by atoms with van der Waals surface area (Å²) in [6.45, 7) is 12.9. The van der Waals surface area contributed by atoms with Gasteiger partial charge in [0.2, 0.25) is 0 Å². The molecule has 1 saturated heterocycles. The van der Waals surface area contributed by atoms with Gasteiger partial charge in [0.25, 0.3) is 5.91 Å². The molecule has 3 amide bonds. The summed E-state index contributed by atoms with van der Waals surface area (Å²) in [6.07, 6.45) is 8.56. The minimum Gasteiger partial charge on any atom is -0.323 e. The smallest absolute Gasteiger partial charge is 0.323 e. The van der Waals surface area contributed by atoms with Gasteiger partial charge in [-0.3, -0.25) is 9.69 Å². The molecule has 5 nitrogen and oxygen atoms in total. The predicted molar refractivity (Wildman–Crippen MR) is 89.4 cm³/mol. The van der Waals surface area contributed by atoms with Crippen molar-refractivity contribution in [3.8, 4) is 0 Å². The van der Waals surface area contributed by atoms with Crippen LogP contribution in [0.25, 0.3) is 0 Å². The first-order valence-electron chi connectivity index (χ1n) is 8.06. The van der Waals surface area contributed by atoms with Crippen LogP contribution in [-0.4, -0.2) is 47.0 Å². The van der Waals surface area contributed by atoms with E-state index in [1.54, 1.807) is 12.2 Å². The van der Waals surface area contributed by atoms with Crippen molar-refractivity contribution in [1.82, 2.24) is 15.1 Å². The van der Waals surface area contributed by atoms with E-state index in [0.717, 1.165) is 25.7 Å². The molecule has 1 N–H and O–H groups in total. The van der Waals surface area contributed by atoms with Crippen LogP contribution in [0, 0.1) is 0 Å². The van der Waals surface area contributed by atoms with E-state index in [1.807, 2.05) is 11.8 Å². The number of carbonyl (C=O) groups excluding carboxylic acids is 2. The number of hydrogen-bond donors (Lipinski definition) is 1. The maximum atomic E-state index is 12.6. The Bertz CT molecular complexity index is 412. The van der Waals surface area contributed by atoms with Crippen LogP contribution in [0.1, 0.15) is 46.0 Å². The van der Waals surface area contributed by atoms with Crippen molar-refractivity contribution < 1.29 is 9.59 Å². The van der Waals surface area contributed by atoms with Gasteiger partial charge in [-0.25, -0.2) is 9.69 Å². The Labute approximate surface area is 134 Å². The summed E-state index contributed by atoms with van der Waals surface area (Å²) in [4.78, 5) is 28.0. The average molecular weight is 307 g/mol. The van der Waals surface area contributed by atoms with Crippen molar-refractivity contribution in [1.29, 1.82) is 0 Å². The molecule has 1 fully saturated rings. The van der Waals surface area contributed by atoms with Crippen molar-refractivity contribution in [2.75, 3.05) is 19.8 Å². The summed E-state index contributed by atoms with van der Waals surface area (Å²) in [7, 11) is 0. The summed E-state index contributed by atoms with van der Waals surface area (Å²) in [5.41, 5.74) is -0.765. The van der Waals surface area contributed by atoms with Crippen LogP contribution in [0.15, 0.2) is 25.3 Å². The van der Waals surface area contributed by atoms with Crippen LogP contribution in [0.4, 0.5) is 4.79 Å². The minimum atomic E-state index is -0.765. The van der Waals surface area contributed by atoms with Crippen LogP contribution in [0.3, 0.4) is 0 Å². The Kier molecular flexibility index (Phi) is 7.32. The van der Waals surface area contributed by atoms with E-state index >= 15 is 0 Å². The highest BCUT2D eigenvalue weighted by atomic mass is 16.2. The Morgan fingerprint density at radius 1 is 1.18 bits per heavy atom. The lowest BCUT2D eigenvalue weighted by Crippen LogP contribution is -2.45. The van der Waals surface area contributed by atoms with Crippen LogP contribution < -0.4 is 5.32 Å². The fourth-order valence-corrected chi connectivity index (χ4v) is 2.71. The monoisotopic (exact) mass is 307 g/mol. The van der Waals surface area contributed by atoms with Crippen molar-refractivity contribution in [3.63, 3.8) is 0 Å². The molecule has 0 radical (unpaired) electrons. The Morgan fingerprint density at radius 3 is 2.36 bits per heavy atom. The maximum Gasteiger partial charge on any atom is 0.326 e. The van der Waals surface area contributed by atoms with Crippen molar-refractivity contribution in [3.05, 3.63) is 25.3 Å². The van der Waals surface area contributed by atoms with E-state index in [9.17, 15) is 9.59 Å². The summed E-state index contributed by atoms with van der Waals surface area (Å²) >= 11 is 0. The van der Waals surface area contributed by atoms with Gasteiger partial charge >= 0.3 is 6.03 Å². The van der Waals surface area contributed by atoms with Gasteiger partial charge < -0.3 is 5.32 Å². The number of carbonyl (C=O) groups is 2. The normalized spacial score (nSPS) is 21.3. The number of amides is 3. The first-order chi connectivity index (χ1) is 10.5. The van der Waals surface area contributed by atoms with E-state index in [4.69, 9.17) is 0 Å². The van der Waals surface area contributed by atoms with Crippen LogP contribution in [0.5, 0.6) is 0 Å². The Morgan fingerprint density at radius 2 is 1.82 bits per heavy atom. The van der Waals surface area contributed by atoms with Crippen molar-refractivity contribution in [2.24, 2.45) is 0 Å². The molecular weight excluding hydrogens is 278 g/mol. The molecule has 1 rings (SSSR count). The quantitative estimate of drug-likeness (QED) is 0.363. The number of hydrogen-bond acceptors (Lipinski definition) is 3. The molecule has 0 bridgehead atoms. The second-order valence-electron chi connectivity index (χ2n) is 6.06. The minimum absolute atomic E-state index is 0.132. The molecule has 0 spiro atoms. The first-order valence-corrected chi connectivity index (χ1v) is 8.06. The molecule has 1 atom stereocenters. The summed E-state index contributed by atoms with van der Waals surface area (Å²) in [5, 5.41) is 2.86. The van der Waals surface area contributed by atoms with E-state index < -0.39 is 5.54 Å². The fraction of sp³-hybridized carbons (Fsp3) is 0.647. The fourth-order valence-electron chi connectivity index (χ4n) is 2.71. The van der Waals surface area contributed by atoms with Gasteiger partial charge in [0.1, 0.15) is 5.54 Å². The van der Waals surface area contributed by atoms with Gasteiger partial charge in [-0.1, -0.05) is 44.8 Å². The number of imide groups is 1. The SMILES string of the molecule is C=CCN(CC=C)CN1C(=O)NC(C)(CCCCCC)C1=O. The third kappa shape index (κ3) is 4.70. The molecule has 0 aromatic heterocycles. The third-order valence-electron chi connectivity index (χ3n) is 3.99. The average Bonchev–Trinajstić information content (AvgIpc) is 2.68. The zero-order chi connectivity index (χ0) is 16.6. The number of unbranched alkanes of at least 4 members (excludes halogenated alkanes) is 3. The van der Waals surface area contributed by atoms with Crippen molar-refractivity contribution in [2.45, 2.75) is 51.5 Å². The molecule has 0 aromatic carbocycles. The molecule has 1 aliphatic rings. The van der Waals surface area contributed by atoms with E-state index in [-0.39, 0.29) is 18.6 Å². The molecule has 0 saturated carbocycles. The Balaban J connectivity index is 2.65. The lowest BCUT2D eigenvalue weighted by Gasteiger charge is -2.25. The molecule has 124 valence electrons. The highest BCUT2D eigenvalue weighted by Crippen LogP contribution is 2.24. The molecule has 1 heterocycles. The molecule has 1 unspecified atom stereocenters. The molecule has 1 aliphatic heterocycles. The topological polar surface area (TPSA) is 52.6 Å². The molecule has 0 aliphatic carbocycles. The standard InChI is InChI=1S/C17H29N3O2/c1-5-8-9-10-11-17(4)15(21)20(16(22)18-17)14-19(12-6-2)13-7-3/h6-7H,2-3,5,8-14H2,1,4H3,(H,18,22). The second kappa shape index (κ2) is 8.73. The molecule has 5 heteroatoms. The summed E-state index contributed by atoms with van der Waals surface area (Å²) in [6, 6.07) is -0.305. The molecule has 0 aromatic rings. The highest BCUT2D eigenvalue weighted by molar-refractivity contribution is 6.06. The largest absolute Gasteiger partial charge is 0.326 e. The van der Waals surface area contributed by atoms with E-state index in [2.05, 4.69) is 25.4 Å². The van der Waals surface area contributed by atoms with E-state index in [1.165, 1.54) is 4.90 Å².